The monoisotopic (exact) mass is 408 g/mol. The molecule has 1 aromatic carbocycles. The number of benzene rings is 1. The van der Waals surface area contributed by atoms with Crippen LogP contribution in [0.4, 0.5) is 0 Å². The molecule has 8 heteroatoms. The molecule has 3 aromatic rings. The van der Waals surface area contributed by atoms with Gasteiger partial charge in [-0.15, -0.1) is 0 Å². The number of hydrogen-bond acceptors (Lipinski definition) is 6. The third kappa shape index (κ3) is 6.77. The summed E-state index contributed by atoms with van der Waals surface area (Å²) in [5.41, 5.74) is 3.72. The van der Waals surface area contributed by atoms with Crippen molar-refractivity contribution < 1.29 is 29.0 Å². The van der Waals surface area contributed by atoms with Crippen molar-refractivity contribution in [3.8, 4) is 0 Å². The number of aromatic nitrogens is 2. The highest BCUT2D eigenvalue weighted by Crippen LogP contribution is 2.07. The minimum absolute atomic E-state index is 0.398. The molecule has 2 N–H and O–H groups in total. The Labute approximate surface area is 174 Å². The van der Waals surface area contributed by atoms with Crippen LogP contribution in [0.2, 0.25) is 0 Å². The summed E-state index contributed by atoms with van der Waals surface area (Å²) in [7, 11) is 0. The number of pyridine rings is 2. The van der Waals surface area contributed by atoms with Gasteiger partial charge in [0.15, 0.2) is 24.8 Å². The zero-order valence-electron chi connectivity index (χ0n) is 16.4. The van der Waals surface area contributed by atoms with Crippen LogP contribution in [0.15, 0.2) is 83.6 Å². The first-order chi connectivity index (χ1) is 14.8. The molecule has 0 bridgehead atoms. The maximum absolute atomic E-state index is 8.61. The molecule has 0 radical (unpaired) electrons. The Morgan fingerprint density at radius 1 is 0.700 bits per heavy atom. The summed E-state index contributed by atoms with van der Waals surface area (Å²) in [6.45, 7) is 1.77. The van der Waals surface area contributed by atoms with Crippen molar-refractivity contribution in [2.75, 3.05) is 0 Å². The average molecular weight is 408 g/mol. The predicted octanol–water partition coefficient (Wildman–Crippen LogP) is 2.23. The van der Waals surface area contributed by atoms with E-state index in [0.717, 1.165) is 22.3 Å². The number of rotatable bonds is 10. The molecule has 0 aliphatic heterocycles. The van der Waals surface area contributed by atoms with Crippen LogP contribution < -0.4 is 9.13 Å². The summed E-state index contributed by atoms with van der Waals surface area (Å²) in [6, 6.07) is 15.5. The number of ether oxygens (including phenoxy) is 2. The Bertz CT molecular complexity index is 910. The largest absolute Gasteiger partial charge is 0.411 e. The first kappa shape index (κ1) is 21.1. The Morgan fingerprint density at radius 3 is 1.53 bits per heavy atom. The van der Waals surface area contributed by atoms with Crippen LogP contribution in [0.5, 0.6) is 0 Å². The smallest absolute Gasteiger partial charge is 0.252 e. The highest BCUT2D eigenvalue weighted by molar-refractivity contribution is 5.78. The molecule has 0 spiro atoms. The maximum Gasteiger partial charge on any atom is 0.252 e. The van der Waals surface area contributed by atoms with Gasteiger partial charge in [-0.25, -0.2) is 0 Å². The van der Waals surface area contributed by atoms with Crippen LogP contribution in [0.3, 0.4) is 0 Å². The van der Waals surface area contributed by atoms with Gasteiger partial charge in [0.05, 0.1) is 36.8 Å². The lowest BCUT2D eigenvalue weighted by Crippen LogP contribution is -2.34. The Hall–Kier alpha value is -3.62. The Balaban J connectivity index is 1.42. The molecule has 0 fully saturated rings. The van der Waals surface area contributed by atoms with Crippen LogP contribution in [-0.4, -0.2) is 22.8 Å². The van der Waals surface area contributed by atoms with E-state index in [1.165, 1.54) is 12.4 Å². The first-order valence-electron chi connectivity index (χ1n) is 9.33. The van der Waals surface area contributed by atoms with Gasteiger partial charge >= 0.3 is 0 Å². The molecule has 0 aliphatic rings. The quantitative estimate of drug-likeness (QED) is 0.233. The number of nitrogens with zero attached hydrogens (tertiary/aromatic N) is 4. The summed E-state index contributed by atoms with van der Waals surface area (Å²) >= 11 is 0. The van der Waals surface area contributed by atoms with Crippen molar-refractivity contribution in [1.82, 2.24) is 0 Å². The van der Waals surface area contributed by atoms with Gasteiger partial charge in [-0.05, 0) is 23.3 Å². The molecule has 3 rings (SSSR count). The third-order valence-corrected chi connectivity index (χ3v) is 4.22. The lowest BCUT2D eigenvalue weighted by molar-refractivity contribution is -0.734. The fourth-order valence-electron chi connectivity index (χ4n) is 2.80. The van der Waals surface area contributed by atoms with Crippen LogP contribution >= 0.6 is 0 Å². The SMILES string of the molecule is O/N=C/c1ccc[n+](COCc2ccc(COC[n+]3cccc(/C=N/O)c3)cc2)c1. The zero-order chi connectivity index (χ0) is 21.0. The highest BCUT2D eigenvalue weighted by Gasteiger charge is 2.04. The summed E-state index contributed by atoms with van der Waals surface area (Å²) < 4.78 is 15.2. The average Bonchev–Trinajstić information content (AvgIpc) is 2.76. The summed E-state index contributed by atoms with van der Waals surface area (Å²) in [5.74, 6) is 0. The van der Waals surface area contributed by atoms with Gasteiger partial charge in [0.1, 0.15) is 0 Å². The standard InChI is InChI=1S/C22H22N4O4/c27-23-11-21-3-1-9-25(13-21)17-29-15-19-5-7-20(8-6-19)16-30-18-26-10-2-4-22(14-26)12-24-28/h1-14H,15-18H2/p+2/b23-11+,24-12+. The molecule has 0 amide bonds. The van der Waals surface area contributed by atoms with Crippen molar-refractivity contribution in [3.63, 3.8) is 0 Å². The minimum atomic E-state index is 0.398. The van der Waals surface area contributed by atoms with Gasteiger partial charge in [-0.2, -0.15) is 9.13 Å². The molecule has 0 aliphatic carbocycles. The fraction of sp³-hybridized carbons (Fsp3) is 0.182. The van der Waals surface area contributed by atoms with Crippen LogP contribution in [0.1, 0.15) is 22.3 Å². The molecule has 0 saturated carbocycles. The maximum atomic E-state index is 8.61. The van der Waals surface area contributed by atoms with E-state index in [2.05, 4.69) is 10.3 Å². The van der Waals surface area contributed by atoms with Gasteiger partial charge in [-0.1, -0.05) is 34.6 Å². The summed E-state index contributed by atoms with van der Waals surface area (Å²) in [5, 5.41) is 23.3. The lowest BCUT2D eigenvalue weighted by Gasteiger charge is -2.05. The van der Waals surface area contributed by atoms with E-state index >= 15 is 0 Å². The second-order valence-corrected chi connectivity index (χ2v) is 6.56. The molecular weight excluding hydrogens is 384 g/mol. The van der Waals surface area contributed by atoms with E-state index in [-0.39, 0.29) is 0 Å². The third-order valence-electron chi connectivity index (χ3n) is 4.22. The molecular formula is C22H24N4O4+2. The predicted molar refractivity (Wildman–Crippen MR) is 108 cm³/mol. The van der Waals surface area contributed by atoms with Gasteiger partial charge in [-0.3, -0.25) is 0 Å². The van der Waals surface area contributed by atoms with Gasteiger partial charge in [0.25, 0.3) is 13.5 Å². The molecule has 154 valence electrons. The van der Waals surface area contributed by atoms with E-state index < -0.39 is 0 Å². The fourth-order valence-corrected chi connectivity index (χ4v) is 2.80. The second kappa shape index (κ2) is 11.4. The number of hydrogen-bond donors (Lipinski definition) is 2. The minimum Gasteiger partial charge on any atom is -0.411 e. The molecule has 30 heavy (non-hydrogen) atoms. The van der Waals surface area contributed by atoms with E-state index in [9.17, 15) is 0 Å². The van der Waals surface area contributed by atoms with E-state index in [4.69, 9.17) is 19.9 Å². The lowest BCUT2D eigenvalue weighted by atomic mass is 10.1. The molecule has 0 unspecified atom stereocenters. The van der Waals surface area contributed by atoms with E-state index in [0.29, 0.717) is 26.7 Å². The molecule has 0 saturated heterocycles. The van der Waals surface area contributed by atoms with Crippen LogP contribution in [-0.2, 0) is 36.1 Å². The molecule has 2 heterocycles. The van der Waals surface area contributed by atoms with Crippen molar-refractivity contribution in [3.05, 3.63) is 95.6 Å². The van der Waals surface area contributed by atoms with Crippen LogP contribution in [0, 0.1) is 0 Å². The summed E-state index contributed by atoms with van der Waals surface area (Å²) in [4.78, 5) is 0. The van der Waals surface area contributed by atoms with Crippen LogP contribution in [0.25, 0.3) is 0 Å². The Kier molecular flexibility index (Phi) is 8.02. The topological polar surface area (TPSA) is 91.4 Å². The van der Waals surface area contributed by atoms with Gasteiger partial charge in [0, 0.05) is 12.1 Å². The van der Waals surface area contributed by atoms with Gasteiger partial charge < -0.3 is 19.9 Å². The van der Waals surface area contributed by atoms with E-state index in [1.807, 2.05) is 82.5 Å². The molecule has 2 aromatic heterocycles. The van der Waals surface area contributed by atoms with Crippen molar-refractivity contribution in [2.45, 2.75) is 26.7 Å². The number of oxime groups is 2. The normalized spacial score (nSPS) is 11.5. The van der Waals surface area contributed by atoms with Crippen molar-refractivity contribution >= 4 is 12.4 Å². The first-order valence-corrected chi connectivity index (χ1v) is 9.33. The van der Waals surface area contributed by atoms with Crippen molar-refractivity contribution in [2.24, 2.45) is 10.3 Å². The van der Waals surface area contributed by atoms with Crippen molar-refractivity contribution in [1.29, 1.82) is 0 Å². The summed E-state index contributed by atoms with van der Waals surface area (Å²) in [6.07, 6.45) is 10.2. The molecule has 8 nitrogen and oxygen atoms in total. The van der Waals surface area contributed by atoms with Gasteiger partial charge in [0.2, 0.25) is 0 Å². The highest BCUT2D eigenvalue weighted by atomic mass is 16.5. The zero-order valence-corrected chi connectivity index (χ0v) is 16.4. The second-order valence-electron chi connectivity index (χ2n) is 6.56. The molecule has 0 atom stereocenters. The Morgan fingerprint density at radius 2 is 1.13 bits per heavy atom. The van der Waals surface area contributed by atoms with E-state index in [1.54, 1.807) is 0 Å².